The van der Waals surface area contributed by atoms with Gasteiger partial charge in [-0.2, -0.15) is 0 Å². The molecule has 0 fully saturated rings. The fourth-order valence-corrected chi connectivity index (χ4v) is 1.31. The van der Waals surface area contributed by atoms with E-state index >= 15 is 0 Å². The topological polar surface area (TPSA) is 87.8 Å². The van der Waals surface area contributed by atoms with Gasteiger partial charge in [-0.05, 0) is 12.1 Å². The zero-order valence-corrected chi connectivity index (χ0v) is 9.77. The summed E-state index contributed by atoms with van der Waals surface area (Å²) < 4.78 is 14.4. The zero-order valence-electron chi connectivity index (χ0n) is 9.77. The van der Waals surface area contributed by atoms with E-state index < -0.39 is 11.9 Å². The highest BCUT2D eigenvalue weighted by Crippen LogP contribution is 2.35. The van der Waals surface area contributed by atoms with Crippen molar-refractivity contribution in [1.82, 2.24) is 0 Å². The number of nitrogen functional groups attached to an aromatic ring is 1. The monoisotopic (exact) mass is 239 g/mol. The van der Waals surface area contributed by atoms with Crippen molar-refractivity contribution in [3.8, 4) is 11.5 Å². The normalized spacial score (nSPS) is 9.59. The van der Waals surface area contributed by atoms with E-state index in [0.717, 1.165) is 0 Å². The molecular formula is C11H13NO5. The van der Waals surface area contributed by atoms with Gasteiger partial charge in [-0.15, -0.1) is 0 Å². The van der Waals surface area contributed by atoms with E-state index in [4.69, 9.17) is 15.2 Å². The summed E-state index contributed by atoms with van der Waals surface area (Å²) in [5.74, 6) is -0.828. The van der Waals surface area contributed by atoms with Crippen LogP contribution in [-0.4, -0.2) is 26.2 Å². The number of hydrogen-bond donors (Lipinski definition) is 1. The molecular weight excluding hydrogens is 226 g/mol. The molecule has 0 aliphatic carbocycles. The van der Waals surface area contributed by atoms with Gasteiger partial charge in [0.25, 0.3) is 0 Å². The maximum absolute atomic E-state index is 11.3. The van der Waals surface area contributed by atoms with Crippen molar-refractivity contribution in [2.24, 2.45) is 0 Å². The molecule has 0 aromatic heterocycles. The summed E-state index contributed by atoms with van der Waals surface area (Å²) in [6.45, 7) is 1.24. The Kier molecular flexibility index (Phi) is 3.92. The fraction of sp³-hybridized carbons (Fsp3) is 0.273. The minimum Gasteiger partial charge on any atom is -0.491 e. The summed E-state index contributed by atoms with van der Waals surface area (Å²) in [6.07, 6.45) is 0. The second kappa shape index (κ2) is 5.20. The molecule has 0 aliphatic rings. The summed E-state index contributed by atoms with van der Waals surface area (Å²) in [5, 5.41) is 0. The number of carbonyl (C=O) groups is 2. The lowest BCUT2D eigenvalue weighted by Crippen LogP contribution is -2.08. The molecule has 0 radical (unpaired) electrons. The molecule has 0 spiro atoms. The standard InChI is InChI=1S/C11H13NO5/c1-6(13)17-9-5-7(11(14)16-3)4-8(12)10(9)15-2/h4-5H,12H2,1-3H3. The molecule has 0 heterocycles. The van der Waals surface area contributed by atoms with Crippen LogP contribution in [0.4, 0.5) is 5.69 Å². The lowest BCUT2D eigenvalue weighted by molar-refractivity contribution is -0.132. The maximum Gasteiger partial charge on any atom is 0.338 e. The number of ether oxygens (including phenoxy) is 3. The second-order valence-corrected chi connectivity index (χ2v) is 3.18. The highest BCUT2D eigenvalue weighted by Gasteiger charge is 2.16. The van der Waals surface area contributed by atoms with Crippen molar-refractivity contribution in [2.75, 3.05) is 20.0 Å². The van der Waals surface area contributed by atoms with E-state index in [9.17, 15) is 9.59 Å². The van der Waals surface area contributed by atoms with Crippen molar-refractivity contribution in [1.29, 1.82) is 0 Å². The van der Waals surface area contributed by atoms with Crippen LogP contribution in [0.2, 0.25) is 0 Å². The Morgan fingerprint density at radius 2 is 1.88 bits per heavy atom. The van der Waals surface area contributed by atoms with E-state index in [1.807, 2.05) is 0 Å². The number of hydrogen-bond acceptors (Lipinski definition) is 6. The molecule has 6 nitrogen and oxygen atoms in total. The lowest BCUT2D eigenvalue weighted by atomic mass is 10.1. The molecule has 0 atom stereocenters. The molecule has 17 heavy (non-hydrogen) atoms. The fourth-order valence-electron chi connectivity index (χ4n) is 1.31. The molecule has 0 saturated heterocycles. The molecule has 1 rings (SSSR count). The van der Waals surface area contributed by atoms with Gasteiger partial charge in [0.1, 0.15) is 0 Å². The highest BCUT2D eigenvalue weighted by atomic mass is 16.6. The van der Waals surface area contributed by atoms with Gasteiger partial charge in [0.2, 0.25) is 0 Å². The minimum absolute atomic E-state index is 0.0837. The van der Waals surface area contributed by atoms with Crippen molar-refractivity contribution in [2.45, 2.75) is 6.92 Å². The van der Waals surface area contributed by atoms with E-state index in [1.165, 1.54) is 33.3 Å². The van der Waals surface area contributed by atoms with Gasteiger partial charge in [0.15, 0.2) is 11.5 Å². The Bertz CT molecular complexity index is 455. The maximum atomic E-state index is 11.3. The van der Waals surface area contributed by atoms with Gasteiger partial charge in [0, 0.05) is 6.92 Å². The number of rotatable bonds is 3. The number of benzene rings is 1. The first-order valence-corrected chi connectivity index (χ1v) is 4.73. The van der Waals surface area contributed by atoms with Crippen LogP contribution in [0.25, 0.3) is 0 Å². The van der Waals surface area contributed by atoms with Gasteiger partial charge in [0.05, 0.1) is 25.5 Å². The van der Waals surface area contributed by atoms with Crippen LogP contribution in [0.3, 0.4) is 0 Å². The quantitative estimate of drug-likeness (QED) is 0.480. The van der Waals surface area contributed by atoms with Crippen molar-refractivity contribution in [3.63, 3.8) is 0 Å². The zero-order chi connectivity index (χ0) is 13.0. The van der Waals surface area contributed by atoms with Crippen LogP contribution in [0.5, 0.6) is 11.5 Å². The molecule has 2 N–H and O–H groups in total. The molecule has 0 bridgehead atoms. The van der Waals surface area contributed by atoms with E-state index in [1.54, 1.807) is 0 Å². The molecule has 0 amide bonds. The molecule has 0 saturated carbocycles. The van der Waals surface area contributed by atoms with Crippen LogP contribution in [0.15, 0.2) is 12.1 Å². The second-order valence-electron chi connectivity index (χ2n) is 3.18. The molecule has 1 aromatic carbocycles. The average molecular weight is 239 g/mol. The molecule has 1 aromatic rings. The number of esters is 2. The number of nitrogens with two attached hydrogens (primary N) is 1. The molecule has 92 valence electrons. The van der Waals surface area contributed by atoms with Gasteiger partial charge in [-0.25, -0.2) is 4.79 Å². The smallest absolute Gasteiger partial charge is 0.338 e. The summed E-state index contributed by atoms with van der Waals surface area (Å²) >= 11 is 0. The Morgan fingerprint density at radius 3 is 2.35 bits per heavy atom. The summed E-state index contributed by atoms with van der Waals surface area (Å²) in [6, 6.07) is 2.72. The first-order valence-electron chi connectivity index (χ1n) is 4.73. The Morgan fingerprint density at radius 1 is 1.24 bits per heavy atom. The van der Waals surface area contributed by atoms with Crippen LogP contribution in [-0.2, 0) is 9.53 Å². The van der Waals surface area contributed by atoms with Crippen LogP contribution < -0.4 is 15.2 Å². The van der Waals surface area contributed by atoms with Gasteiger partial charge in [-0.1, -0.05) is 0 Å². The average Bonchev–Trinajstić information content (AvgIpc) is 2.26. The van der Waals surface area contributed by atoms with Crippen molar-refractivity contribution >= 4 is 17.6 Å². The Labute approximate surface area is 98.3 Å². The van der Waals surface area contributed by atoms with E-state index in [2.05, 4.69) is 4.74 Å². The first kappa shape index (κ1) is 12.8. The molecule has 0 aliphatic heterocycles. The third-order valence-electron chi connectivity index (χ3n) is 1.96. The number of anilines is 1. The summed E-state index contributed by atoms with van der Waals surface area (Å²) in [4.78, 5) is 22.3. The number of methoxy groups -OCH3 is 2. The number of carbonyl (C=O) groups excluding carboxylic acids is 2. The SMILES string of the molecule is COC(=O)c1cc(N)c(OC)c(OC(C)=O)c1. The van der Waals surface area contributed by atoms with Crippen molar-refractivity contribution < 1.29 is 23.8 Å². The van der Waals surface area contributed by atoms with Crippen LogP contribution >= 0.6 is 0 Å². The van der Waals surface area contributed by atoms with Crippen molar-refractivity contribution in [3.05, 3.63) is 17.7 Å². The Hall–Kier alpha value is -2.24. The minimum atomic E-state index is -0.576. The molecule has 6 heteroatoms. The van der Waals surface area contributed by atoms with Crippen LogP contribution in [0.1, 0.15) is 17.3 Å². The van der Waals surface area contributed by atoms with Gasteiger partial charge >= 0.3 is 11.9 Å². The summed E-state index contributed by atoms with van der Waals surface area (Å²) in [7, 11) is 2.63. The largest absolute Gasteiger partial charge is 0.491 e. The van der Waals surface area contributed by atoms with Gasteiger partial charge in [-0.3, -0.25) is 4.79 Å². The third kappa shape index (κ3) is 2.87. The predicted molar refractivity (Wildman–Crippen MR) is 60.1 cm³/mol. The third-order valence-corrected chi connectivity index (χ3v) is 1.96. The Balaban J connectivity index is 3.27. The molecule has 0 unspecified atom stereocenters. The van der Waals surface area contributed by atoms with E-state index in [-0.39, 0.29) is 22.7 Å². The summed E-state index contributed by atoms with van der Waals surface area (Å²) in [5.41, 5.74) is 6.05. The first-order chi connectivity index (χ1) is 7.99. The lowest BCUT2D eigenvalue weighted by Gasteiger charge is -2.11. The van der Waals surface area contributed by atoms with Crippen LogP contribution in [0, 0.1) is 0 Å². The van der Waals surface area contributed by atoms with Gasteiger partial charge < -0.3 is 19.9 Å². The highest BCUT2D eigenvalue weighted by molar-refractivity contribution is 5.92. The predicted octanol–water partition coefficient (Wildman–Crippen LogP) is 0.989. The van der Waals surface area contributed by atoms with E-state index in [0.29, 0.717) is 0 Å².